The summed E-state index contributed by atoms with van der Waals surface area (Å²) in [5.74, 6) is 2.36. The molecule has 2 aromatic rings. The van der Waals surface area contributed by atoms with E-state index in [2.05, 4.69) is 9.88 Å². The number of carbonyl (C=O) groups excluding carboxylic acids is 1. The van der Waals surface area contributed by atoms with E-state index < -0.39 is 0 Å². The molecule has 2 aliphatic rings. The molecule has 2 aliphatic heterocycles. The van der Waals surface area contributed by atoms with Gasteiger partial charge in [0.1, 0.15) is 12.4 Å². The Hall–Kier alpha value is -2.76. The monoisotopic (exact) mass is 353 g/mol. The van der Waals surface area contributed by atoms with E-state index >= 15 is 0 Å². The molecule has 3 heterocycles. The molecule has 0 radical (unpaired) electrons. The number of hydrogen-bond acceptors (Lipinski definition) is 5. The Bertz CT molecular complexity index is 772. The van der Waals surface area contributed by atoms with Crippen LogP contribution in [0, 0.1) is 0 Å². The summed E-state index contributed by atoms with van der Waals surface area (Å²) >= 11 is 0. The summed E-state index contributed by atoms with van der Waals surface area (Å²) in [4.78, 5) is 21.0. The third-order valence-electron chi connectivity index (χ3n) is 4.82. The van der Waals surface area contributed by atoms with Crippen LogP contribution in [-0.2, 0) is 0 Å². The molecule has 1 saturated heterocycles. The van der Waals surface area contributed by atoms with Crippen LogP contribution >= 0.6 is 0 Å². The van der Waals surface area contributed by atoms with Crippen LogP contribution in [-0.4, -0.2) is 55.2 Å². The minimum Gasteiger partial charge on any atom is -0.486 e. The van der Waals surface area contributed by atoms with Gasteiger partial charge in [-0.05, 0) is 37.1 Å². The summed E-state index contributed by atoms with van der Waals surface area (Å²) in [5.41, 5.74) is 0.590. The molecule has 1 atom stereocenters. The van der Waals surface area contributed by atoms with Gasteiger partial charge in [0.2, 0.25) is 0 Å². The Morgan fingerprint density at radius 1 is 1.19 bits per heavy atom. The minimum absolute atomic E-state index is 0.0621. The van der Waals surface area contributed by atoms with Crippen LogP contribution in [0.5, 0.6) is 11.5 Å². The van der Waals surface area contributed by atoms with E-state index in [4.69, 9.17) is 9.47 Å². The fourth-order valence-corrected chi connectivity index (χ4v) is 3.41. The first-order valence-electron chi connectivity index (χ1n) is 9.05. The highest BCUT2D eigenvalue weighted by Gasteiger charge is 2.24. The molecule has 1 amide bonds. The van der Waals surface area contributed by atoms with Gasteiger partial charge in [0.05, 0.1) is 12.1 Å². The summed E-state index contributed by atoms with van der Waals surface area (Å²) in [6.45, 7) is 2.98. The van der Waals surface area contributed by atoms with E-state index in [1.54, 1.807) is 18.1 Å². The van der Waals surface area contributed by atoms with Crippen molar-refractivity contribution in [3.05, 3.63) is 48.2 Å². The third kappa shape index (κ3) is 3.45. The zero-order chi connectivity index (χ0) is 17.9. The molecule has 1 aromatic carbocycles. The fourth-order valence-electron chi connectivity index (χ4n) is 3.41. The third-order valence-corrected chi connectivity index (χ3v) is 4.82. The van der Waals surface area contributed by atoms with Gasteiger partial charge in [0, 0.05) is 26.3 Å². The van der Waals surface area contributed by atoms with Gasteiger partial charge < -0.3 is 19.3 Å². The molecular weight excluding hydrogens is 330 g/mol. The number of benzene rings is 1. The number of fused-ring (bicyclic) bond motifs is 1. The number of rotatable bonds is 4. The van der Waals surface area contributed by atoms with Crippen LogP contribution in [0.1, 0.15) is 23.2 Å². The van der Waals surface area contributed by atoms with E-state index in [-0.39, 0.29) is 12.0 Å². The minimum atomic E-state index is -0.185. The summed E-state index contributed by atoms with van der Waals surface area (Å²) < 4.78 is 11.6. The lowest BCUT2D eigenvalue weighted by molar-refractivity contribution is 0.0520. The van der Waals surface area contributed by atoms with Crippen LogP contribution in [0.15, 0.2) is 42.6 Å². The molecule has 0 unspecified atom stereocenters. The van der Waals surface area contributed by atoms with Gasteiger partial charge in [-0.1, -0.05) is 12.1 Å². The van der Waals surface area contributed by atoms with Gasteiger partial charge in [0.25, 0.3) is 5.91 Å². The molecular formula is C20H23N3O3. The van der Waals surface area contributed by atoms with Crippen molar-refractivity contribution in [3.8, 4) is 11.5 Å². The van der Waals surface area contributed by atoms with Gasteiger partial charge in [0.15, 0.2) is 17.6 Å². The molecule has 26 heavy (non-hydrogen) atoms. The first-order chi connectivity index (χ1) is 12.7. The molecule has 1 aromatic heterocycles. The highest BCUT2D eigenvalue weighted by molar-refractivity contribution is 5.94. The van der Waals surface area contributed by atoms with Crippen molar-refractivity contribution < 1.29 is 14.3 Å². The average Bonchev–Trinajstić information content (AvgIpc) is 3.22. The van der Waals surface area contributed by atoms with Crippen molar-refractivity contribution in [2.45, 2.75) is 18.9 Å². The largest absolute Gasteiger partial charge is 0.486 e. The maximum absolute atomic E-state index is 12.7. The zero-order valence-electron chi connectivity index (χ0n) is 14.9. The predicted molar refractivity (Wildman–Crippen MR) is 99.0 cm³/mol. The van der Waals surface area contributed by atoms with Gasteiger partial charge in [-0.2, -0.15) is 0 Å². The van der Waals surface area contributed by atoms with Crippen LogP contribution in [0.3, 0.4) is 0 Å². The number of para-hydroxylation sites is 2. The number of hydrogen-bond donors (Lipinski definition) is 0. The Kier molecular flexibility index (Phi) is 4.65. The van der Waals surface area contributed by atoms with Gasteiger partial charge >= 0.3 is 0 Å². The fraction of sp³-hybridized carbons (Fsp3) is 0.400. The van der Waals surface area contributed by atoms with Crippen LogP contribution in [0.4, 0.5) is 5.82 Å². The van der Waals surface area contributed by atoms with Crippen molar-refractivity contribution in [3.63, 3.8) is 0 Å². The normalized spacial score (nSPS) is 18.7. The van der Waals surface area contributed by atoms with Gasteiger partial charge in [-0.15, -0.1) is 0 Å². The number of amides is 1. The second-order valence-corrected chi connectivity index (χ2v) is 6.78. The predicted octanol–water partition coefficient (Wildman–Crippen LogP) is 2.59. The average molecular weight is 353 g/mol. The number of likely N-dealkylation sites (N-methyl/N-ethyl adjacent to an activating group) is 1. The Balaban J connectivity index is 1.37. The summed E-state index contributed by atoms with van der Waals surface area (Å²) in [6, 6.07) is 11.4. The van der Waals surface area contributed by atoms with Crippen LogP contribution in [0.25, 0.3) is 0 Å². The van der Waals surface area contributed by atoms with Crippen molar-refractivity contribution >= 4 is 11.7 Å². The topological polar surface area (TPSA) is 54.9 Å². The standard InChI is InChI=1S/C20H23N3O3/c1-22(13-16-14-25-17-6-2-3-7-18(17)26-16)20(24)15-8-9-19(21-12-15)23-10-4-5-11-23/h2-3,6-9,12,16H,4-5,10-11,13-14H2,1H3/t16-/m0/s1. The Labute approximate surface area is 153 Å². The first kappa shape index (κ1) is 16.7. The van der Waals surface area contributed by atoms with Gasteiger partial charge in [-0.3, -0.25) is 4.79 Å². The van der Waals surface area contributed by atoms with E-state index in [9.17, 15) is 4.79 Å². The summed E-state index contributed by atoms with van der Waals surface area (Å²) in [5, 5.41) is 0. The smallest absolute Gasteiger partial charge is 0.255 e. The molecule has 0 N–H and O–H groups in total. The van der Waals surface area contributed by atoms with E-state index in [0.717, 1.165) is 30.4 Å². The lowest BCUT2D eigenvalue weighted by atomic mass is 10.2. The van der Waals surface area contributed by atoms with Crippen molar-refractivity contribution in [2.24, 2.45) is 0 Å². The number of anilines is 1. The Morgan fingerprint density at radius 3 is 2.69 bits per heavy atom. The van der Waals surface area contributed by atoms with Crippen molar-refractivity contribution in [1.82, 2.24) is 9.88 Å². The maximum atomic E-state index is 12.7. The zero-order valence-corrected chi connectivity index (χ0v) is 14.9. The van der Waals surface area contributed by atoms with Gasteiger partial charge in [-0.25, -0.2) is 4.98 Å². The van der Waals surface area contributed by atoms with E-state index in [0.29, 0.717) is 18.7 Å². The van der Waals surface area contributed by atoms with E-state index in [1.807, 2.05) is 36.4 Å². The lowest BCUT2D eigenvalue weighted by Crippen LogP contribution is -2.41. The van der Waals surface area contributed by atoms with Crippen molar-refractivity contribution in [1.29, 1.82) is 0 Å². The van der Waals surface area contributed by atoms with Crippen molar-refractivity contribution in [2.75, 3.05) is 38.2 Å². The lowest BCUT2D eigenvalue weighted by Gasteiger charge is -2.29. The molecule has 1 fully saturated rings. The number of pyridine rings is 1. The number of nitrogens with zero attached hydrogens (tertiary/aromatic N) is 3. The second kappa shape index (κ2) is 7.23. The quantitative estimate of drug-likeness (QED) is 0.846. The molecule has 6 nitrogen and oxygen atoms in total. The molecule has 136 valence electrons. The molecule has 6 heteroatoms. The molecule has 0 bridgehead atoms. The highest BCUT2D eigenvalue weighted by Crippen LogP contribution is 2.31. The van der Waals surface area contributed by atoms with Crippen LogP contribution < -0.4 is 14.4 Å². The maximum Gasteiger partial charge on any atom is 0.255 e. The first-order valence-corrected chi connectivity index (χ1v) is 9.05. The molecule has 4 rings (SSSR count). The number of ether oxygens (including phenoxy) is 2. The molecule has 0 aliphatic carbocycles. The van der Waals surface area contributed by atoms with E-state index in [1.165, 1.54) is 12.8 Å². The molecule has 0 spiro atoms. The van der Waals surface area contributed by atoms with Crippen LogP contribution in [0.2, 0.25) is 0 Å². The number of aromatic nitrogens is 1. The molecule has 0 saturated carbocycles. The SMILES string of the molecule is CN(C[C@H]1COc2ccccc2O1)C(=O)c1ccc(N2CCCC2)nc1. The highest BCUT2D eigenvalue weighted by atomic mass is 16.6. The summed E-state index contributed by atoms with van der Waals surface area (Å²) in [6.07, 6.45) is 3.89. The summed E-state index contributed by atoms with van der Waals surface area (Å²) in [7, 11) is 1.78. The second-order valence-electron chi connectivity index (χ2n) is 6.78. The number of carbonyl (C=O) groups is 1. The Morgan fingerprint density at radius 2 is 1.96 bits per heavy atom.